The summed E-state index contributed by atoms with van der Waals surface area (Å²) in [5.74, 6) is 0.448. The van der Waals surface area contributed by atoms with E-state index in [1.165, 1.54) is 0 Å². The summed E-state index contributed by atoms with van der Waals surface area (Å²) in [7, 11) is 0. The Kier molecular flexibility index (Phi) is 7.05. The van der Waals surface area contributed by atoms with E-state index in [0.29, 0.717) is 42.5 Å². The number of carbonyl (C=O) groups excluding carboxylic acids is 2. The first-order chi connectivity index (χ1) is 17.6. The molecule has 4 aromatic rings. The first-order valence-electron chi connectivity index (χ1n) is 11.9. The fourth-order valence-corrected chi connectivity index (χ4v) is 4.56. The number of carbonyl (C=O) groups is 2. The number of amides is 2. The number of benzene rings is 4. The zero-order valence-corrected chi connectivity index (χ0v) is 20.4. The van der Waals surface area contributed by atoms with Crippen molar-refractivity contribution >= 4 is 45.6 Å². The molecule has 0 saturated carbocycles. The maximum Gasteiger partial charge on any atom is 0.262 e. The number of nitrogens with one attached hydrogen (secondary N) is 1. The van der Waals surface area contributed by atoms with E-state index in [0.717, 1.165) is 22.1 Å². The van der Waals surface area contributed by atoms with E-state index >= 15 is 0 Å². The molecule has 36 heavy (non-hydrogen) atoms. The largest absolute Gasteiger partial charge is 0.483 e. The third kappa shape index (κ3) is 5.29. The molecule has 0 bridgehead atoms. The van der Waals surface area contributed by atoms with Gasteiger partial charge in [-0.15, -0.1) is 0 Å². The molecule has 182 valence electrons. The molecule has 0 atom stereocenters. The van der Waals surface area contributed by atoms with Gasteiger partial charge in [0.1, 0.15) is 5.75 Å². The maximum atomic E-state index is 12.8. The number of anilines is 2. The van der Waals surface area contributed by atoms with E-state index in [9.17, 15) is 9.59 Å². The fourth-order valence-electron chi connectivity index (χ4n) is 4.43. The summed E-state index contributed by atoms with van der Waals surface area (Å²) >= 11 is 5.94. The highest BCUT2D eigenvalue weighted by Gasteiger charge is 2.24. The average Bonchev–Trinajstić information content (AvgIpc) is 2.92. The number of para-hydroxylation sites is 2. The van der Waals surface area contributed by atoms with Gasteiger partial charge < -0.3 is 19.9 Å². The Labute approximate surface area is 215 Å². The van der Waals surface area contributed by atoms with Crippen LogP contribution in [0.15, 0.2) is 91.0 Å². The second kappa shape index (κ2) is 10.7. The molecule has 2 amide bonds. The first-order valence-corrected chi connectivity index (χ1v) is 12.3. The van der Waals surface area contributed by atoms with Crippen molar-refractivity contribution in [2.75, 3.05) is 43.0 Å². The lowest BCUT2D eigenvalue weighted by atomic mass is 10.1. The number of rotatable bonds is 6. The van der Waals surface area contributed by atoms with Crippen LogP contribution in [-0.4, -0.2) is 49.5 Å². The van der Waals surface area contributed by atoms with Crippen molar-refractivity contribution in [2.24, 2.45) is 0 Å². The lowest BCUT2D eigenvalue weighted by molar-refractivity contribution is -0.118. The van der Waals surface area contributed by atoms with Gasteiger partial charge >= 0.3 is 0 Å². The van der Waals surface area contributed by atoms with Crippen LogP contribution in [0.2, 0.25) is 5.02 Å². The van der Waals surface area contributed by atoms with Crippen molar-refractivity contribution in [2.45, 2.75) is 0 Å². The summed E-state index contributed by atoms with van der Waals surface area (Å²) in [6.07, 6.45) is 0. The van der Waals surface area contributed by atoms with Gasteiger partial charge in [0.2, 0.25) is 0 Å². The molecular formula is C29H26ClN3O3. The van der Waals surface area contributed by atoms with Gasteiger partial charge in [0.05, 0.1) is 11.4 Å². The molecule has 1 fully saturated rings. The van der Waals surface area contributed by atoms with E-state index in [1.807, 2.05) is 71.6 Å². The van der Waals surface area contributed by atoms with Crippen molar-refractivity contribution in [3.63, 3.8) is 0 Å². The Morgan fingerprint density at radius 3 is 2.31 bits per heavy atom. The van der Waals surface area contributed by atoms with Gasteiger partial charge in [-0.2, -0.15) is 0 Å². The number of nitrogens with zero attached hydrogens (tertiary/aromatic N) is 2. The minimum atomic E-state index is -0.230. The third-order valence-corrected chi connectivity index (χ3v) is 6.54. The molecular weight excluding hydrogens is 474 g/mol. The smallest absolute Gasteiger partial charge is 0.262 e. The molecule has 6 nitrogen and oxygen atoms in total. The quantitative estimate of drug-likeness (QED) is 0.382. The molecule has 0 spiro atoms. The molecule has 1 aliphatic rings. The molecule has 5 rings (SSSR count). The Morgan fingerprint density at radius 2 is 1.50 bits per heavy atom. The van der Waals surface area contributed by atoms with Crippen LogP contribution >= 0.6 is 11.6 Å². The summed E-state index contributed by atoms with van der Waals surface area (Å²) < 4.78 is 5.85. The van der Waals surface area contributed by atoms with Crippen molar-refractivity contribution in [1.29, 1.82) is 0 Å². The summed E-state index contributed by atoms with van der Waals surface area (Å²) in [6.45, 7) is 2.42. The number of ether oxygens (including phenoxy) is 1. The van der Waals surface area contributed by atoms with Crippen molar-refractivity contribution in [3.8, 4) is 5.75 Å². The van der Waals surface area contributed by atoms with Crippen LogP contribution in [0.3, 0.4) is 0 Å². The van der Waals surface area contributed by atoms with E-state index in [2.05, 4.69) is 10.2 Å². The Bertz CT molecular complexity index is 1380. The number of halogens is 1. The molecule has 0 radical (unpaired) electrons. The summed E-state index contributed by atoms with van der Waals surface area (Å²) in [5.41, 5.74) is 2.28. The molecule has 7 heteroatoms. The van der Waals surface area contributed by atoms with Crippen molar-refractivity contribution in [3.05, 3.63) is 102 Å². The van der Waals surface area contributed by atoms with Crippen LogP contribution in [0.1, 0.15) is 10.4 Å². The topological polar surface area (TPSA) is 61.9 Å². The lowest BCUT2D eigenvalue weighted by Crippen LogP contribution is -2.49. The maximum absolute atomic E-state index is 12.8. The third-order valence-electron chi connectivity index (χ3n) is 6.29. The highest BCUT2D eigenvalue weighted by molar-refractivity contribution is 6.30. The summed E-state index contributed by atoms with van der Waals surface area (Å²) in [4.78, 5) is 29.6. The van der Waals surface area contributed by atoms with Crippen LogP contribution in [0.25, 0.3) is 10.8 Å². The standard InChI is InChI=1S/C29H26ClN3O3/c30-23-14-12-22(13-15-23)29(35)33-18-16-32(17-19-33)26-10-4-3-9-25(26)31-28(34)20-36-27-11-5-7-21-6-1-2-8-24(21)27/h1-15H,16-20H2,(H,31,34). The number of hydrogen-bond acceptors (Lipinski definition) is 4. The SMILES string of the molecule is O=C(COc1cccc2ccccc12)Nc1ccccc1N1CCN(C(=O)c2ccc(Cl)cc2)CC1. The molecule has 1 heterocycles. The molecule has 1 aliphatic heterocycles. The van der Waals surface area contributed by atoms with E-state index in [4.69, 9.17) is 16.3 Å². The lowest BCUT2D eigenvalue weighted by Gasteiger charge is -2.37. The first kappa shape index (κ1) is 23.7. The monoisotopic (exact) mass is 499 g/mol. The van der Waals surface area contributed by atoms with Gasteiger partial charge in [-0.3, -0.25) is 9.59 Å². The summed E-state index contributed by atoms with van der Waals surface area (Å²) in [6, 6.07) is 28.4. The van der Waals surface area contributed by atoms with Crippen molar-refractivity contribution in [1.82, 2.24) is 4.90 Å². The fraction of sp³-hybridized carbons (Fsp3) is 0.172. The number of piperazine rings is 1. The van der Waals surface area contributed by atoms with Gasteiger partial charge in [0.25, 0.3) is 11.8 Å². The summed E-state index contributed by atoms with van der Waals surface area (Å²) in [5, 5.41) is 5.64. The normalized spacial score (nSPS) is 13.5. The molecule has 0 unspecified atom stereocenters. The van der Waals surface area contributed by atoms with E-state index in [1.54, 1.807) is 24.3 Å². The highest BCUT2D eigenvalue weighted by Crippen LogP contribution is 2.28. The predicted octanol–water partition coefficient (Wildman–Crippen LogP) is 5.47. The van der Waals surface area contributed by atoms with Crippen LogP contribution in [0.5, 0.6) is 5.75 Å². The second-order valence-electron chi connectivity index (χ2n) is 8.62. The van der Waals surface area contributed by atoms with E-state index in [-0.39, 0.29) is 18.4 Å². The molecule has 1 N–H and O–H groups in total. The molecule has 0 aliphatic carbocycles. The van der Waals surface area contributed by atoms with Gasteiger partial charge in [-0.05, 0) is 47.9 Å². The minimum Gasteiger partial charge on any atom is -0.483 e. The van der Waals surface area contributed by atoms with Gasteiger partial charge in [0.15, 0.2) is 6.61 Å². The minimum absolute atomic E-state index is 0.00140. The van der Waals surface area contributed by atoms with Crippen LogP contribution in [0, 0.1) is 0 Å². The van der Waals surface area contributed by atoms with E-state index < -0.39 is 0 Å². The van der Waals surface area contributed by atoms with Crippen molar-refractivity contribution < 1.29 is 14.3 Å². The Balaban J connectivity index is 1.20. The van der Waals surface area contributed by atoms with Crippen LogP contribution in [-0.2, 0) is 4.79 Å². The Hall–Kier alpha value is -4.03. The molecule has 0 aromatic heterocycles. The highest BCUT2D eigenvalue weighted by atomic mass is 35.5. The Morgan fingerprint density at radius 1 is 0.806 bits per heavy atom. The number of hydrogen-bond donors (Lipinski definition) is 1. The zero-order chi connectivity index (χ0) is 24.9. The number of fused-ring (bicyclic) bond motifs is 1. The average molecular weight is 500 g/mol. The molecule has 4 aromatic carbocycles. The van der Waals surface area contributed by atoms with Crippen LogP contribution in [0.4, 0.5) is 11.4 Å². The van der Waals surface area contributed by atoms with Crippen LogP contribution < -0.4 is 15.0 Å². The second-order valence-corrected chi connectivity index (χ2v) is 9.05. The van der Waals surface area contributed by atoms with Gasteiger partial charge in [-0.25, -0.2) is 0 Å². The predicted molar refractivity (Wildman–Crippen MR) is 144 cm³/mol. The zero-order valence-electron chi connectivity index (χ0n) is 19.7. The molecule has 1 saturated heterocycles. The van der Waals surface area contributed by atoms with Gasteiger partial charge in [0, 0.05) is 42.2 Å². The van der Waals surface area contributed by atoms with Gasteiger partial charge in [-0.1, -0.05) is 60.1 Å².